The van der Waals surface area contributed by atoms with Crippen LogP contribution in [0.2, 0.25) is 0 Å². The van der Waals surface area contributed by atoms with Crippen LogP contribution in [-0.2, 0) is 4.79 Å². The second-order valence-corrected chi connectivity index (χ2v) is 3.23. The van der Waals surface area contributed by atoms with E-state index >= 15 is 0 Å². The van der Waals surface area contributed by atoms with Crippen LogP contribution in [0.3, 0.4) is 0 Å². The summed E-state index contributed by atoms with van der Waals surface area (Å²) in [6.07, 6.45) is 4.56. The van der Waals surface area contributed by atoms with Crippen molar-refractivity contribution in [3.05, 3.63) is 59.8 Å². The summed E-state index contributed by atoms with van der Waals surface area (Å²) in [5, 5.41) is 11.2. The van der Waals surface area contributed by atoms with Crippen molar-refractivity contribution < 1.29 is 14.7 Å². The lowest BCUT2D eigenvalue weighted by atomic mass is 10.2. The number of hydrogen-bond donors (Lipinski definition) is 2. The fraction of sp³-hybridized carbons (Fsp3) is 0.0769. The van der Waals surface area contributed by atoms with Crippen molar-refractivity contribution in [3.63, 3.8) is 0 Å². The standard InChI is InChI=1S/C13H13NO3/c1-2-3-9-11(13(16)17)14-12(15)10-7-5-4-6-8-10/h2-9H,1H3,(H,14,15)(H,16,17)/b3-2+,11-9-. The third-order valence-electron chi connectivity index (χ3n) is 1.97. The van der Waals surface area contributed by atoms with Crippen LogP contribution < -0.4 is 5.32 Å². The Bertz CT molecular complexity index is 461. The molecule has 0 unspecified atom stereocenters. The molecule has 0 bridgehead atoms. The average molecular weight is 231 g/mol. The molecule has 1 amide bonds. The van der Waals surface area contributed by atoms with E-state index in [1.807, 2.05) is 0 Å². The molecule has 1 aromatic rings. The summed E-state index contributed by atoms with van der Waals surface area (Å²) in [5.74, 6) is -1.61. The summed E-state index contributed by atoms with van der Waals surface area (Å²) >= 11 is 0. The zero-order valence-corrected chi connectivity index (χ0v) is 9.38. The van der Waals surface area contributed by atoms with Crippen LogP contribution in [0.25, 0.3) is 0 Å². The van der Waals surface area contributed by atoms with Crippen LogP contribution in [-0.4, -0.2) is 17.0 Å². The van der Waals surface area contributed by atoms with Crippen molar-refractivity contribution in [2.45, 2.75) is 6.92 Å². The van der Waals surface area contributed by atoms with Gasteiger partial charge in [-0.3, -0.25) is 4.79 Å². The number of carbonyl (C=O) groups is 2. The number of nitrogens with one attached hydrogen (secondary N) is 1. The normalized spacial score (nSPS) is 11.5. The van der Waals surface area contributed by atoms with Gasteiger partial charge in [-0.05, 0) is 25.1 Å². The van der Waals surface area contributed by atoms with Crippen LogP contribution >= 0.6 is 0 Å². The fourth-order valence-corrected chi connectivity index (χ4v) is 1.14. The monoisotopic (exact) mass is 231 g/mol. The van der Waals surface area contributed by atoms with E-state index in [0.717, 1.165) is 0 Å². The average Bonchev–Trinajstić information content (AvgIpc) is 2.35. The smallest absolute Gasteiger partial charge is 0.352 e. The van der Waals surface area contributed by atoms with E-state index in [4.69, 9.17) is 5.11 Å². The van der Waals surface area contributed by atoms with Crippen LogP contribution in [0.15, 0.2) is 54.3 Å². The number of amides is 1. The topological polar surface area (TPSA) is 66.4 Å². The molecule has 0 aliphatic heterocycles. The van der Waals surface area contributed by atoms with Gasteiger partial charge in [-0.1, -0.05) is 30.4 Å². The summed E-state index contributed by atoms with van der Waals surface area (Å²) in [5.41, 5.74) is 0.261. The molecule has 0 saturated carbocycles. The number of hydrogen-bond acceptors (Lipinski definition) is 2. The van der Waals surface area contributed by atoms with Crippen molar-refractivity contribution in [1.29, 1.82) is 0 Å². The van der Waals surface area contributed by atoms with E-state index in [2.05, 4.69) is 5.32 Å². The van der Waals surface area contributed by atoms with Crippen molar-refractivity contribution in [2.75, 3.05) is 0 Å². The van der Waals surface area contributed by atoms with Crippen LogP contribution in [0.4, 0.5) is 0 Å². The molecule has 1 rings (SSSR count). The number of carboxylic acids is 1. The Hall–Kier alpha value is -2.36. The third kappa shape index (κ3) is 3.95. The summed E-state index contributed by atoms with van der Waals surface area (Å²) in [7, 11) is 0. The third-order valence-corrected chi connectivity index (χ3v) is 1.97. The van der Waals surface area contributed by atoms with Crippen LogP contribution in [0.5, 0.6) is 0 Å². The fourth-order valence-electron chi connectivity index (χ4n) is 1.14. The van der Waals surface area contributed by atoms with Crippen molar-refractivity contribution in [2.24, 2.45) is 0 Å². The van der Waals surface area contributed by atoms with Crippen molar-refractivity contribution in [3.8, 4) is 0 Å². The van der Waals surface area contributed by atoms with Gasteiger partial charge in [0.2, 0.25) is 0 Å². The first-order valence-electron chi connectivity index (χ1n) is 5.08. The molecule has 1 aromatic carbocycles. The Morgan fingerprint density at radius 1 is 1.24 bits per heavy atom. The molecule has 0 saturated heterocycles. The van der Waals surface area contributed by atoms with Crippen LogP contribution in [0.1, 0.15) is 17.3 Å². The molecule has 4 heteroatoms. The van der Waals surface area contributed by atoms with Gasteiger partial charge in [0, 0.05) is 5.56 Å². The molecular weight excluding hydrogens is 218 g/mol. The van der Waals surface area contributed by atoms with Gasteiger partial charge < -0.3 is 10.4 Å². The summed E-state index contributed by atoms with van der Waals surface area (Å²) < 4.78 is 0. The minimum absolute atomic E-state index is 0.156. The van der Waals surface area contributed by atoms with Gasteiger partial charge in [-0.15, -0.1) is 0 Å². The maximum absolute atomic E-state index is 11.7. The Morgan fingerprint density at radius 2 is 1.88 bits per heavy atom. The van der Waals surface area contributed by atoms with Gasteiger partial charge in [0.1, 0.15) is 5.70 Å². The Kier molecular flexibility index (Phi) is 4.69. The number of allylic oxidation sites excluding steroid dienone is 3. The highest BCUT2D eigenvalue weighted by Gasteiger charge is 2.11. The molecule has 2 N–H and O–H groups in total. The van der Waals surface area contributed by atoms with E-state index in [1.54, 1.807) is 49.4 Å². The van der Waals surface area contributed by atoms with Gasteiger partial charge in [0.15, 0.2) is 0 Å². The maximum Gasteiger partial charge on any atom is 0.352 e. The van der Waals surface area contributed by atoms with E-state index in [-0.39, 0.29) is 5.70 Å². The predicted molar refractivity (Wildman–Crippen MR) is 64.4 cm³/mol. The molecule has 0 aliphatic carbocycles. The van der Waals surface area contributed by atoms with Gasteiger partial charge >= 0.3 is 5.97 Å². The lowest BCUT2D eigenvalue weighted by Gasteiger charge is -2.04. The highest BCUT2D eigenvalue weighted by Crippen LogP contribution is 2.00. The van der Waals surface area contributed by atoms with E-state index in [1.165, 1.54) is 6.08 Å². The van der Waals surface area contributed by atoms with Gasteiger partial charge in [0.25, 0.3) is 5.91 Å². The van der Waals surface area contributed by atoms with Crippen LogP contribution in [0, 0.1) is 0 Å². The number of rotatable bonds is 4. The van der Waals surface area contributed by atoms with Gasteiger partial charge in [0.05, 0.1) is 0 Å². The molecular formula is C13H13NO3. The molecule has 0 spiro atoms. The Morgan fingerprint density at radius 3 is 2.41 bits per heavy atom. The predicted octanol–water partition coefficient (Wildman–Crippen LogP) is 1.96. The van der Waals surface area contributed by atoms with Gasteiger partial charge in [-0.25, -0.2) is 4.79 Å². The number of carbonyl (C=O) groups excluding carboxylic acids is 1. The first-order valence-corrected chi connectivity index (χ1v) is 5.08. The first-order chi connectivity index (χ1) is 8.15. The molecule has 0 radical (unpaired) electrons. The second kappa shape index (κ2) is 6.27. The summed E-state index contributed by atoms with van der Waals surface area (Å²) in [6, 6.07) is 8.44. The molecule has 17 heavy (non-hydrogen) atoms. The SMILES string of the molecule is C/C=C/C=C(\NC(=O)c1ccccc1)C(=O)O. The Balaban J connectivity index is 2.82. The molecule has 0 atom stereocenters. The highest BCUT2D eigenvalue weighted by atomic mass is 16.4. The molecule has 4 nitrogen and oxygen atoms in total. The lowest BCUT2D eigenvalue weighted by molar-refractivity contribution is -0.133. The quantitative estimate of drug-likeness (QED) is 0.615. The van der Waals surface area contributed by atoms with Crippen molar-refractivity contribution >= 4 is 11.9 Å². The minimum atomic E-state index is -1.17. The lowest BCUT2D eigenvalue weighted by Crippen LogP contribution is -2.27. The van der Waals surface area contributed by atoms with Gasteiger partial charge in [-0.2, -0.15) is 0 Å². The maximum atomic E-state index is 11.7. The first kappa shape index (κ1) is 12.7. The summed E-state index contributed by atoms with van der Waals surface area (Å²) in [6.45, 7) is 1.76. The zero-order chi connectivity index (χ0) is 12.7. The molecule has 0 aromatic heterocycles. The van der Waals surface area contributed by atoms with Crippen molar-refractivity contribution in [1.82, 2.24) is 5.32 Å². The second-order valence-electron chi connectivity index (χ2n) is 3.23. The molecule has 0 fully saturated rings. The number of aliphatic carboxylic acids is 1. The molecule has 0 heterocycles. The van der Waals surface area contributed by atoms with E-state index < -0.39 is 11.9 Å². The Labute approximate surface area is 99.3 Å². The highest BCUT2D eigenvalue weighted by molar-refractivity contribution is 6.00. The molecule has 88 valence electrons. The number of benzene rings is 1. The molecule has 0 aliphatic rings. The minimum Gasteiger partial charge on any atom is -0.477 e. The zero-order valence-electron chi connectivity index (χ0n) is 9.38. The summed E-state index contributed by atoms with van der Waals surface area (Å²) in [4.78, 5) is 22.5. The largest absolute Gasteiger partial charge is 0.477 e. The number of carboxylic acid groups (broad SMARTS) is 1. The van der Waals surface area contributed by atoms with E-state index in [9.17, 15) is 9.59 Å². The van der Waals surface area contributed by atoms with E-state index in [0.29, 0.717) is 5.56 Å².